The molecule has 4 N–H and O–H groups in total. The second-order valence-corrected chi connectivity index (χ2v) is 5.47. The van der Waals surface area contributed by atoms with Gasteiger partial charge in [-0.25, -0.2) is 0 Å². The van der Waals surface area contributed by atoms with Gasteiger partial charge in [-0.05, 0) is 18.4 Å². The normalized spacial score (nSPS) is 19.1. The molecule has 0 bridgehead atoms. The standard InChI is InChI=1S/C15H22N2O2/c16-13(12-6-2-1-3-7-12)14(19)17-10-15(11-18)8-4-5-9-15/h1-3,6-7,13,18H,4-5,8-11,16H2,(H,17,19)/t13-/m1/s1. The number of rotatable bonds is 5. The summed E-state index contributed by atoms with van der Waals surface area (Å²) in [6, 6.07) is 8.69. The van der Waals surface area contributed by atoms with E-state index in [1.54, 1.807) is 0 Å². The van der Waals surface area contributed by atoms with Crippen molar-refractivity contribution in [2.75, 3.05) is 13.2 Å². The second kappa shape index (κ2) is 6.17. The van der Waals surface area contributed by atoms with Crippen LogP contribution in [0.1, 0.15) is 37.3 Å². The van der Waals surface area contributed by atoms with E-state index in [1.807, 2.05) is 30.3 Å². The average molecular weight is 262 g/mol. The number of nitrogens with two attached hydrogens (primary N) is 1. The molecule has 2 rings (SSSR count). The van der Waals surface area contributed by atoms with Crippen LogP contribution in [-0.2, 0) is 4.79 Å². The third-order valence-corrected chi connectivity index (χ3v) is 4.08. The number of nitrogens with one attached hydrogen (secondary N) is 1. The van der Waals surface area contributed by atoms with Gasteiger partial charge in [-0.3, -0.25) is 4.79 Å². The molecule has 19 heavy (non-hydrogen) atoms. The Morgan fingerprint density at radius 3 is 2.53 bits per heavy atom. The van der Waals surface area contributed by atoms with Crippen LogP contribution in [0.25, 0.3) is 0 Å². The molecule has 104 valence electrons. The summed E-state index contributed by atoms with van der Waals surface area (Å²) in [7, 11) is 0. The van der Waals surface area contributed by atoms with Crippen LogP contribution in [0, 0.1) is 5.41 Å². The topological polar surface area (TPSA) is 75.4 Å². The van der Waals surface area contributed by atoms with Gasteiger partial charge in [-0.15, -0.1) is 0 Å². The van der Waals surface area contributed by atoms with Gasteiger partial charge in [-0.1, -0.05) is 43.2 Å². The molecule has 0 unspecified atom stereocenters. The maximum Gasteiger partial charge on any atom is 0.241 e. The first-order valence-electron chi connectivity index (χ1n) is 6.86. The molecule has 0 aromatic heterocycles. The number of benzene rings is 1. The first kappa shape index (κ1) is 14.0. The van der Waals surface area contributed by atoms with Crippen molar-refractivity contribution >= 4 is 5.91 Å². The van der Waals surface area contributed by atoms with E-state index in [2.05, 4.69) is 5.32 Å². The minimum absolute atomic E-state index is 0.133. The van der Waals surface area contributed by atoms with Gasteiger partial charge in [0.2, 0.25) is 5.91 Å². The Bertz CT molecular complexity index is 413. The Hall–Kier alpha value is -1.39. The zero-order valence-corrected chi connectivity index (χ0v) is 11.1. The molecular formula is C15H22N2O2. The van der Waals surface area contributed by atoms with Crippen LogP contribution in [0.15, 0.2) is 30.3 Å². The summed E-state index contributed by atoms with van der Waals surface area (Å²) in [4.78, 5) is 12.0. The average Bonchev–Trinajstić information content (AvgIpc) is 2.94. The number of aliphatic hydroxyl groups excluding tert-OH is 1. The summed E-state index contributed by atoms with van der Waals surface area (Å²) in [6.45, 7) is 0.650. The van der Waals surface area contributed by atoms with Gasteiger partial charge >= 0.3 is 0 Å². The van der Waals surface area contributed by atoms with Crippen LogP contribution >= 0.6 is 0 Å². The van der Waals surface area contributed by atoms with Gasteiger partial charge in [0.05, 0.1) is 6.61 Å². The van der Waals surface area contributed by atoms with E-state index in [4.69, 9.17) is 5.73 Å². The van der Waals surface area contributed by atoms with Crippen molar-refractivity contribution in [2.45, 2.75) is 31.7 Å². The summed E-state index contributed by atoms with van der Waals surface area (Å²) in [6.07, 6.45) is 4.21. The molecule has 1 aromatic carbocycles. The zero-order chi connectivity index (χ0) is 13.7. The van der Waals surface area contributed by atoms with Crippen molar-refractivity contribution < 1.29 is 9.90 Å². The third kappa shape index (κ3) is 3.33. The lowest BCUT2D eigenvalue weighted by Crippen LogP contribution is -2.42. The smallest absolute Gasteiger partial charge is 0.241 e. The molecule has 0 saturated heterocycles. The SMILES string of the molecule is N[C@@H](C(=O)NCC1(CO)CCCC1)c1ccccc1. The Labute approximate surface area is 114 Å². The summed E-state index contributed by atoms with van der Waals surface area (Å²) in [5, 5.41) is 12.4. The third-order valence-electron chi connectivity index (χ3n) is 4.08. The molecule has 1 aromatic rings. The van der Waals surface area contributed by atoms with Crippen LogP contribution in [0.3, 0.4) is 0 Å². The van der Waals surface area contributed by atoms with Crippen molar-refractivity contribution in [3.63, 3.8) is 0 Å². The second-order valence-electron chi connectivity index (χ2n) is 5.47. The number of hydrogen-bond donors (Lipinski definition) is 3. The van der Waals surface area contributed by atoms with Crippen LogP contribution in [0.5, 0.6) is 0 Å². The fraction of sp³-hybridized carbons (Fsp3) is 0.533. The largest absolute Gasteiger partial charge is 0.396 e. The lowest BCUT2D eigenvalue weighted by molar-refractivity contribution is -0.123. The number of aliphatic hydroxyl groups is 1. The van der Waals surface area contributed by atoms with Gasteiger partial charge in [0.25, 0.3) is 0 Å². The summed E-state index contributed by atoms with van der Waals surface area (Å²) in [5.41, 5.74) is 6.61. The first-order valence-corrected chi connectivity index (χ1v) is 6.86. The fourth-order valence-electron chi connectivity index (χ4n) is 2.71. The van der Waals surface area contributed by atoms with E-state index in [0.29, 0.717) is 6.54 Å². The van der Waals surface area contributed by atoms with Crippen LogP contribution < -0.4 is 11.1 Å². The number of amides is 1. The maximum atomic E-state index is 12.0. The summed E-state index contributed by atoms with van der Waals surface area (Å²) in [5.74, 6) is -0.175. The number of carbonyl (C=O) groups is 1. The molecule has 4 heteroatoms. The molecule has 1 fully saturated rings. The Kier molecular flexibility index (Phi) is 4.56. The van der Waals surface area contributed by atoms with Crippen molar-refractivity contribution in [3.05, 3.63) is 35.9 Å². The van der Waals surface area contributed by atoms with E-state index in [-0.39, 0.29) is 17.9 Å². The predicted molar refractivity (Wildman–Crippen MR) is 74.4 cm³/mol. The van der Waals surface area contributed by atoms with Gasteiger partial charge < -0.3 is 16.2 Å². The van der Waals surface area contributed by atoms with Crippen LogP contribution in [0.2, 0.25) is 0 Å². The maximum absolute atomic E-state index is 12.0. The van der Waals surface area contributed by atoms with Crippen molar-refractivity contribution in [2.24, 2.45) is 11.1 Å². The Morgan fingerprint density at radius 1 is 1.32 bits per heavy atom. The van der Waals surface area contributed by atoms with Gasteiger partial charge in [0, 0.05) is 12.0 Å². The zero-order valence-electron chi connectivity index (χ0n) is 11.1. The molecule has 1 aliphatic carbocycles. The van der Waals surface area contributed by atoms with E-state index in [9.17, 15) is 9.90 Å². The number of carbonyl (C=O) groups excluding carboxylic acids is 1. The van der Waals surface area contributed by atoms with Crippen molar-refractivity contribution in [3.8, 4) is 0 Å². The molecule has 0 heterocycles. The van der Waals surface area contributed by atoms with Gasteiger partial charge in [0.15, 0.2) is 0 Å². The van der Waals surface area contributed by atoms with E-state index < -0.39 is 6.04 Å². The minimum Gasteiger partial charge on any atom is -0.396 e. The van der Waals surface area contributed by atoms with Crippen LogP contribution in [-0.4, -0.2) is 24.2 Å². The predicted octanol–water partition coefficient (Wildman–Crippen LogP) is 1.36. The number of hydrogen-bond acceptors (Lipinski definition) is 3. The Morgan fingerprint density at radius 2 is 1.95 bits per heavy atom. The highest BCUT2D eigenvalue weighted by atomic mass is 16.3. The molecule has 1 saturated carbocycles. The molecular weight excluding hydrogens is 240 g/mol. The van der Waals surface area contributed by atoms with Gasteiger partial charge in [0.1, 0.15) is 6.04 Å². The van der Waals surface area contributed by atoms with E-state index in [0.717, 1.165) is 31.2 Å². The molecule has 0 aliphatic heterocycles. The lowest BCUT2D eigenvalue weighted by Gasteiger charge is -2.27. The Balaban J connectivity index is 1.91. The minimum atomic E-state index is -0.640. The fourth-order valence-corrected chi connectivity index (χ4v) is 2.71. The molecule has 0 radical (unpaired) electrons. The quantitative estimate of drug-likeness (QED) is 0.750. The lowest BCUT2D eigenvalue weighted by atomic mass is 9.87. The highest BCUT2D eigenvalue weighted by Crippen LogP contribution is 2.36. The molecule has 1 atom stereocenters. The van der Waals surface area contributed by atoms with Crippen molar-refractivity contribution in [1.29, 1.82) is 0 Å². The van der Waals surface area contributed by atoms with E-state index >= 15 is 0 Å². The highest BCUT2D eigenvalue weighted by Gasteiger charge is 2.33. The molecule has 4 nitrogen and oxygen atoms in total. The summed E-state index contributed by atoms with van der Waals surface area (Å²) >= 11 is 0. The monoisotopic (exact) mass is 262 g/mol. The van der Waals surface area contributed by atoms with Crippen LogP contribution in [0.4, 0.5) is 0 Å². The van der Waals surface area contributed by atoms with Crippen molar-refractivity contribution in [1.82, 2.24) is 5.32 Å². The highest BCUT2D eigenvalue weighted by molar-refractivity contribution is 5.82. The molecule has 0 spiro atoms. The van der Waals surface area contributed by atoms with Gasteiger partial charge in [-0.2, -0.15) is 0 Å². The van der Waals surface area contributed by atoms with E-state index in [1.165, 1.54) is 0 Å². The first-order chi connectivity index (χ1) is 9.17. The summed E-state index contributed by atoms with van der Waals surface area (Å²) < 4.78 is 0. The molecule has 1 amide bonds. The molecule has 1 aliphatic rings.